The van der Waals surface area contributed by atoms with Crippen LogP contribution < -0.4 is 0 Å². The quantitative estimate of drug-likeness (QED) is 0.251. The van der Waals surface area contributed by atoms with Gasteiger partial charge in [0.05, 0.1) is 11.0 Å². The summed E-state index contributed by atoms with van der Waals surface area (Å²) in [4.78, 5) is 0. The van der Waals surface area contributed by atoms with Crippen molar-refractivity contribution in [3.05, 3.63) is 139 Å². The van der Waals surface area contributed by atoms with Gasteiger partial charge in [-0.25, -0.2) is 0 Å². The van der Waals surface area contributed by atoms with Crippen LogP contribution in [0, 0.1) is 0 Å². The van der Waals surface area contributed by atoms with E-state index < -0.39 is 0 Å². The van der Waals surface area contributed by atoms with Crippen LogP contribution in [0.1, 0.15) is 11.1 Å². The van der Waals surface area contributed by atoms with Gasteiger partial charge in [0.25, 0.3) is 0 Å². The number of hydrogen-bond donors (Lipinski definition) is 0. The first-order valence-corrected chi connectivity index (χ1v) is 11.3. The highest BCUT2D eigenvalue weighted by atomic mass is 15.0. The Kier molecular flexibility index (Phi) is 4.86. The smallest absolute Gasteiger partial charge is 0.0541 e. The van der Waals surface area contributed by atoms with E-state index in [-0.39, 0.29) is 0 Å². The van der Waals surface area contributed by atoms with E-state index in [4.69, 9.17) is 0 Å². The first-order chi connectivity index (χ1) is 16.4. The Morgan fingerprint density at radius 3 is 1.70 bits per heavy atom. The highest BCUT2D eigenvalue weighted by Crippen LogP contribution is 2.32. The third-order valence-corrected chi connectivity index (χ3v) is 6.19. The lowest BCUT2D eigenvalue weighted by Gasteiger charge is -2.10. The average Bonchev–Trinajstić information content (AvgIpc) is 3.23. The predicted octanol–water partition coefficient (Wildman–Crippen LogP) is 8.62. The molecule has 33 heavy (non-hydrogen) atoms. The molecule has 1 heteroatoms. The first-order valence-electron chi connectivity index (χ1n) is 11.3. The fraction of sp³-hybridized carbons (Fsp3) is 0. The monoisotopic (exact) mass is 421 g/mol. The zero-order chi connectivity index (χ0) is 22.0. The van der Waals surface area contributed by atoms with E-state index in [0.29, 0.717) is 0 Å². The number of para-hydroxylation sites is 2. The number of nitrogens with zero attached hydrogens (tertiary/aromatic N) is 1. The first kappa shape index (κ1) is 19.3. The number of aromatic nitrogens is 1. The van der Waals surface area contributed by atoms with Crippen LogP contribution in [0.2, 0.25) is 0 Å². The molecule has 0 atom stereocenters. The highest BCUT2D eigenvalue weighted by Gasteiger charge is 2.11. The lowest BCUT2D eigenvalue weighted by atomic mass is 10.0. The number of rotatable bonds is 4. The van der Waals surface area contributed by atoms with E-state index in [1.165, 1.54) is 49.7 Å². The lowest BCUT2D eigenvalue weighted by Crippen LogP contribution is -1.93. The predicted molar refractivity (Wildman–Crippen MR) is 142 cm³/mol. The summed E-state index contributed by atoms with van der Waals surface area (Å²) in [6.07, 6.45) is 4.33. The molecule has 0 saturated heterocycles. The molecule has 0 unspecified atom stereocenters. The van der Waals surface area contributed by atoms with Gasteiger partial charge >= 0.3 is 0 Å². The molecule has 6 rings (SSSR count). The van der Waals surface area contributed by atoms with Crippen LogP contribution in [0.25, 0.3) is 50.8 Å². The summed E-state index contributed by atoms with van der Waals surface area (Å²) in [6, 6.07) is 45.3. The molecule has 0 saturated carbocycles. The van der Waals surface area contributed by atoms with Crippen molar-refractivity contribution in [2.75, 3.05) is 0 Å². The van der Waals surface area contributed by atoms with Gasteiger partial charge in [-0.05, 0) is 52.6 Å². The summed E-state index contributed by atoms with van der Waals surface area (Å²) in [5.74, 6) is 0. The Labute approximate surface area is 193 Å². The average molecular weight is 422 g/mol. The van der Waals surface area contributed by atoms with Gasteiger partial charge in [-0.3, -0.25) is 0 Å². The van der Waals surface area contributed by atoms with Crippen molar-refractivity contribution in [3.8, 4) is 16.8 Å². The molecule has 5 aromatic carbocycles. The van der Waals surface area contributed by atoms with Crippen LogP contribution in [0.5, 0.6) is 0 Å². The molecule has 0 aliphatic rings. The molecule has 0 radical (unpaired) electrons. The van der Waals surface area contributed by atoms with Crippen LogP contribution in [0.15, 0.2) is 127 Å². The van der Waals surface area contributed by atoms with Gasteiger partial charge < -0.3 is 4.57 Å². The summed E-state index contributed by atoms with van der Waals surface area (Å²) < 4.78 is 2.35. The second-order valence-electron chi connectivity index (χ2n) is 8.29. The molecule has 0 aliphatic carbocycles. The van der Waals surface area contributed by atoms with Crippen molar-refractivity contribution >= 4 is 34.0 Å². The van der Waals surface area contributed by atoms with E-state index in [1.807, 2.05) is 6.07 Å². The van der Waals surface area contributed by atoms with Crippen molar-refractivity contribution in [2.45, 2.75) is 0 Å². The molecular formula is C32H23N. The second kappa shape index (κ2) is 8.29. The molecule has 0 spiro atoms. The molecular weight excluding hydrogens is 398 g/mol. The second-order valence-corrected chi connectivity index (χ2v) is 8.29. The Hall–Kier alpha value is -4.36. The van der Waals surface area contributed by atoms with Crippen LogP contribution in [-0.2, 0) is 0 Å². The molecule has 0 fully saturated rings. The standard InChI is InChI=1S/C32H23N/c1-2-9-24(10-3-1)17-18-25-11-8-12-27(23-25)26-19-21-28(22-20-26)33-31-15-6-4-13-29(31)30-14-5-7-16-32(30)33/h1-23H. The van der Waals surface area contributed by atoms with Crippen LogP contribution in [0.3, 0.4) is 0 Å². The van der Waals surface area contributed by atoms with E-state index in [9.17, 15) is 0 Å². The van der Waals surface area contributed by atoms with Gasteiger partial charge in [0.15, 0.2) is 0 Å². The number of benzene rings is 5. The number of hydrogen-bond acceptors (Lipinski definition) is 0. The molecule has 1 nitrogen and oxygen atoms in total. The molecule has 0 amide bonds. The van der Waals surface area contributed by atoms with E-state index in [2.05, 4.69) is 138 Å². The van der Waals surface area contributed by atoms with Crippen molar-refractivity contribution in [3.63, 3.8) is 0 Å². The van der Waals surface area contributed by atoms with Crippen molar-refractivity contribution < 1.29 is 0 Å². The molecule has 0 bridgehead atoms. The third-order valence-electron chi connectivity index (χ3n) is 6.19. The normalized spacial score (nSPS) is 11.5. The minimum absolute atomic E-state index is 1.18. The Morgan fingerprint density at radius 1 is 0.424 bits per heavy atom. The van der Waals surface area contributed by atoms with Crippen LogP contribution >= 0.6 is 0 Å². The third kappa shape index (κ3) is 3.64. The summed E-state index contributed by atoms with van der Waals surface area (Å²) in [7, 11) is 0. The SMILES string of the molecule is C(=Cc1cccc(-c2ccc(-n3c4ccccc4c4ccccc43)cc2)c1)c1ccccc1. The lowest BCUT2D eigenvalue weighted by molar-refractivity contribution is 1.18. The molecule has 6 aromatic rings. The molecule has 0 N–H and O–H groups in total. The van der Waals surface area contributed by atoms with Crippen molar-refractivity contribution in [1.29, 1.82) is 0 Å². The maximum atomic E-state index is 2.35. The maximum absolute atomic E-state index is 2.35. The maximum Gasteiger partial charge on any atom is 0.0541 e. The van der Waals surface area contributed by atoms with Gasteiger partial charge in [-0.15, -0.1) is 0 Å². The summed E-state index contributed by atoms with van der Waals surface area (Å²) >= 11 is 0. The highest BCUT2D eigenvalue weighted by molar-refractivity contribution is 6.09. The van der Waals surface area contributed by atoms with Crippen LogP contribution in [-0.4, -0.2) is 4.57 Å². The van der Waals surface area contributed by atoms with Gasteiger partial charge in [0, 0.05) is 16.5 Å². The number of fused-ring (bicyclic) bond motifs is 3. The van der Waals surface area contributed by atoms with Crippen LogP contribution in [0.4, 0.5) is 0 Å². The van der Waals surface area contributed by atoms with E-state index in [0.717, 1.165) is 0 Å². The molecule has 1 heterocycles. The van der Waals surface area contributed by atoms with Crippen molar-refractivity contribution in [1.82, 2.24) is 4.57 Å². The minimum Gasteiger partial charge on any atom is -0.309 e. The molecule has 0 aliphatic heterocycles. The Bertz CT molecular complexity index is 1530. The zero-order valence-electron chi connectivity index (χ0n) is 18.2. The van der Waals surface area contributed by atoms with Gasteiger partial charge in [0.2, 0.25) is 0 Å². The minimum atomic E-state index is 1.18. The largest absolute Gasteiger partial charge is 0.309 e. The van der Waals surface area contributed by atoms with E-state index in [1.54, 1.807) is 0 Å². The fourth-order valence-corrected chi connectivity index (χ4v) is 4.58. The van der Waals surface area contributed by atoms with Gasteiger partial charge in [0.1, 0.15) is 0 Å². The van der Waals surface area contributed by atoms with Gasteiger partial charge in [-0.1, -0.05) is 109 Å². The van der Waals surface area contributed by atoms with E-state index >= 15 is 0 Å². The Balaban J connectivity index is 1.36. The summed E-state index contributed by atoms with van der Waals surface area (Å²) in [5, 5.41) is 2.57. The topological polar surface area (TPSA) is 4.93 Å². The van der Waals surface area contributed by atoms with Gasteiger partial charge in [-0.2, -0.15) is 0 Å². The zero-order valence-corrected chi connectivity index (χ0v) is 18.2. The summed E-state index contributed by atoms with van der Waals surface area (Å²) in [5.41, 5.74) is 8.49. The summed E-state index contributed by atoms with van der Waals surface area (Å²) in [6.45, 7) is 0. The molecule has 1 aromatic heterocycles. The molecule has 156 valence electrons. The van der Waals surface area contributed by atoms with Crippen molar-refractivity contribution in [2.24, 2.45) is 0 Å². The fourth-order valence-electron chi connectivity index (χ4n) is 4.58. The Morgan fingerprint density at radius 2 is 1.00 bits per heavy atom.